The van der Waals surface area contributed by atoms with Gasteiger partial charge < -0.3 is 20.2 Å². The van der Waals surface area contributed by atoms with E-state index in [0.717, 1.165) is 25.6 Å². The Hall–Kier alpha value is -2.22. The molecule has 1 saturated carbocycles. The Morgan fingerprint density at radius 1 is 1.33 bits per heavy atom. The lowest BCUT2D eigenvalue weighted by Crippen LogP contribution is -2.43. The molecule has 2 N–H and O–H groups in total. The lowest BCUT2D eigenvalue weighted by atomic mass is 10.0. The van der Waals surface area contributed by atoms with Crippen LogP contribution in [-0.2, 0) is 4.79 Å². The number of hydrogen-bond donors (Lipinski definition) is 2. The molecule has 4 unspecified atom stereocenters. The van der Waals surface area contributed by atoms with Crippen LogP contribution in [0.15, 0.2) is 12.3 Å². The van der Waals surface area contributed by atoms with Gasteiger partial charge in [-0.15, -0.1) is 0 Å². The van der Waals surface area contributed by atoms with Gasteiger partial charge in [0.15, 0.2) is 5.82 Å². The van der Waals surface area contributed by atoms with Crippen molar-refractivity contribution in [2.75, 3.05) is 25.0 Å². The molecule has 3 aliphatic rings. The molecule has 146 valence electrons. The van der Waals surface area contributed by atoms with Crippen molar-refractivity contribution in [1.29, 1.82) is 0 Å². The third kappa shape index (κ3) is 3.50. The van der Waals surface area contributed by atoms with Crippen LogP contribution in [-0.4, -0.2) is 69.5 Å². The summed E-state index contributed by atoms with van der Waals surface area (Å²) in [5, 5.41) is 13.1. The Labute approximate surface area is 157 Å². The Morgan fingerprint density at radius 3 is 2.81 bits per heavy atom. The van der Waals surface area contributed by atoms with Gasteiger partial charge in [-0.1, -0.05) is 0 Å². The predicted octanol–water partition coefficient (Wildman–Crippen LogP) is 1.24. The summed E-state index contributed by atoms with van der Waals surface area (Å²) in [7, 11) is 0. The number of pyridine rings is 1. The molecule has 27 heavy (non-hydrogen) atoms. The summed E-state index contributed by atoms with van der Waals surface area (Å²) in [5.74, 6) is -0.127. The molecule has 1 aromatic rings. The fourth-order valence-corrected chi connectivity index (χ4v) is 4.70. The third-order valence-electron chi connectivity index (χ3n) is 6.05. The zero-order chi connectivity index (χ0) is 19.1. The first-order valence-electron chi connectivity index (χ1n) is 9.59. The van der Waals surface area contributed by atoms with Gasteiger partial charge in [0, 0.05) is 38.6 Å². The number of hydrogen-bond acceptors (Lipinski definition) is 5. The summed E-state index contributed by atoms with van der Waals surface area (Å²) in [5.41, 5.74) is -0.0184. The summed E-state index contributed by atoms with van der Waals surface area (Å²) < 4.78 is 14.2. The zero-order valence-corrected chi connectivity index (χ0v) is 15.4. The SMILES string of the molecule is CC(=O)N1CC2CC1CC2Nc1cc(C(=O)N2CCCC(O)C2)c(F)cn1. The van der Waals surface area contributed by atoms with Crippen molar-refractivity contribution in [3.05, 3.63) is 23.6 Å². The highest BCUT2D eigenvalue weighted by Gasteiger charge is 2.45. The van der Waals surface area contributed by atoms with Crippen LogP contribution in [0.3, 0.4) is 0 Å². The van der Waals surface area contributed by atoms with E-state index in [0.29, 0.717) is 31.1 Å². The van der Waals surface area contributed by atoms with Crippen molar-refractivity contribution in [1.82, 2.24) is 14.8 Å². The van der Waals surface area contributed by atoms with E-state index < -0.39 is 17.8 Å². The highest BCUT2D eigenvalue weighted by molar-refractivity contribution is 5.95. The molecule has 4 atom stereocenters. The summed E-state index contributed by atoms with van der Waals surface area (Å²) in [4.78, 5) is 31.8. The van der Waals surface area contributed by atoms with Crippen LogP contribution in [0.25, 0.3) is 0 Å². The second-order valence-corrected chi connectivity index (χ2v) is 7.90. The number of halogens is 1. The number of β-amino-alcohol motifs (C(OH)–C–C–N with tert-alkyl or cyclic N) is 1. The Morgan fingerprint density at radius 2 is 2.15 bits per heavy atom. The molecule has 4 rings (SSSR count). The van der Waals surface area contributed by atoms with Crippen LogP contribution in [0.4, 0.5) is 10.2 Å². The topological polar surface area (TPSA) is 85.8 Å². The number of likely N-dealkylation sites (tertiary alicyclic amines) is 2. The lowest BCUT2D eigenvalue weighted by molar-refractivity contribution is -0.130. The minimum Gasteiger partial charge on any atom is -0.391 e. The zero-order valence-electron chi connectivity index (χ0n) is 15.4. The van der Waals surface area contributed by atoms with E-state index >= 15 is 0 Å². The Bertz CT molecular complexity index is 758. The minimum atomic E-state index is -0.652. The number of aliphatic hydroxyl groups excluding tert-OH is 1. The maximum atomic E-state index is 14.2. The smallest absolute Gasteiger partial charge is 0.257 e. The average Bonchev–Trinajstić information content (AvgIpc) is 3.23. The van der Waals surface area contributed by atoms with Crippen molar-refractivity contribution in [2.24, 2.45) is 5.92 Å². The third-order valence-corrected chi connectivity index (χ3v) is 6.05. The van der Waals surface area contributed by atoms with Gasteiger partial charge in [-0.2, -0.15) is 0 Å². The number of carbonyl (C=O) groups excluding carboxylic acids is 2. The maximum Gasteiger partial charge on any atom is 0.257 e. The number of piperidine rings is 2. The largest absolute Gasteiger partial charge is 0.391 e. The Kier molecular flexibility index (Phi) is 4.75. The number of nitrogens with one attached hydrogen (secondary N) is 1. The number of carbonyl (C=O) groups is 2. The van der Waals surface area contributed by atoms with Crippen LogP contribution < -0.4 is 5.32 Å². The van der Waals surface area contributed by atoms with Crippen molar-refractivity contribution in [3.63, 3.8) is 0 Å². The van der Waals surface area contributed by atoms with Crippen molar-refractivity contribution in [2.45, 2.75) is 50.8 Å². The molecular weight excluding hydrogens is 351 g/mol. The maximum absolute atomic E-state index is 14.2. The summed E-state index contributed by atoms with van der Waals surface area (Å²) >= 11 is 0. The molecule has 2 amide bonds. The lowest BCUT2D eigenvalue weighted by Gasteiger charge is -2.32. The summed E-state index contributed by atoms with van der Waals surface area (Å²) in [6, 6.07) is 1.89. The molecule has 0 aromatic carbocycles. The molecule has 0 spiro atoms. The van der Waals surface area contributed by atoms with E-state index in [1.807, 2.05) is 4.90 Å². The summed E-state index contributed by atoms with van der Waals surface area (Å²) in [6.07, 6.45) is 3.70. The number of rotatable bonds is 3. The Balaban J connectivity index is 1.45. The molecule has 1 aliphatic carbocycles. The van der Waals surface area contributed by atoms with Crippen LogP contribution in [0, 0.1) is 11.7 Å². The van der Waals surface area contributed by atoms with Crippen LogP contribution in [0.1, 0.15) is 43.0 Å². The number of aliphatic hydroxyl groups is 1. The molecule has 2 aliphatic heterocycles. The monoisotopic (exact) mass is 376 g/mol. The van der Waals surface area contributed by atoms with E-state index in [2.05, 4.69) is 10.3 Å². The minimum absolute atomic E-state index is 0.0184. The number of aromatic nitrogens is 1. The number of amides is 2. The van der Waals surface area contributed by atoms with Gasteiger partial charge in [0.05, 0.1) is 17.9 Å². The van der Waals surface area contributed by atoms with Crippen molar-refractivity contribution in [3.8, 4) is 0 Å². The van der Waals surface area contributed by atoms with Crippen LogP contribution >= 0.6 is 0 Å². The van der Waals surface area contributed by atoms with Gasteiger partial charge in [0.1, 0.15) is 5.82 Å². The van der Waals surface area contributed by atoms with Crippen molar-refractivity contribution >= 4 is 17.6 Å². The normalized spacial score (nSPS) is 29.9. The first-order valence-corrected chi connectivity index (χ1v) is 9.59. The molecule has 7 nitrogen and oxygen atoms in total. The molecular formula is C19H25FN4O3. The second kappa shape index (κ2) is 7.07. The molecule has 3 heterocycles. The van der Waals surface area contributed by atoms with Gasteiger partial charge in [-0.05, 0) is 37.7 Å². The first kappa shape index (κ1) is 18.2. The van der Waals surface area contributed by atoms with E-state index in [9.17, 15) is 19.1 Å². The molecule has 1 aromatic heterocycles. The van der Waals surface area contributed by atoms with E-state index in [-0.39, 0.29) is 30.1 Å². The average molecular weight is 376 g/mol. The molecule has 3 fully saturated rings. The standard InChI is InChI=1S/C19H25FN4O3/c1-11(25)24-9-12-5-13(24)6-17(12)22-18-7-15(16(20)8-21-18)19(27)23-4-2-3-14(26)10-23/h7-8,12-14,17,26H,2-6,9-10H2,1H3,(H,21,22). The fourth-order valence-electron chi connectivity index (χ4n) is 4.70. The van der Waals surface area contributed by atoms with E-state index in [4.69, 9.17) is 0 Å². The number of anilines is 1. The fraction of sp³-hybridized carbons (Fsp3) is 0.632. The van der Waals surface area contributed by atoms with Gasteiger partial charge in [0.25, 0.3) is 5.91 Å². The van der Waals surface area contributed by atoms with Crippen molar-refractivity contribution < 1.29 is 19.1 Å². The molecule has 0 radical (unpaired) electrons. The van der Waals surface area contributed by atoms with Gasteiger partial charge >= 0.3 is 0 Å². The summed E-state index contributed by atoms with van der Waals surface area (Å²) in [6.45, 7) is 3.08. The molecule has 2 saturated heterocycles. The quantitative estimate of drug-likeness (QED) is 0.829. The molecule has 2 bridgehead atoms. The number of fused-ring (bicyclic) bond motifs is 2. The molecule has 8 heteroatoms. The number of nitrogens with zero attached hydrogens (tertiary/aromatic N) is 3. The van der Waals surface area contributed by atoms with Gasteiger partial charge in [-0.25, -0.2) is 9.37 Å². The highest BCUT2D eigenvalue weighted by atomic mass is 19.1. The van der Waals surface area contributed by atoms with Gasteiger partial charge in [-0.3, -0.25) is 9.59 Å². The highest BCUT2D eigenvalue weighted by Crippen LogP contribution is 2.39. The second-order valence-electron chi connectivity index (χ2n) is 7.90. The van der Waals surface area contributed by atoms with Gasteiger partial charge in [0.2, 0.25) is 5.91 Å². The van der Waals surface area contributed by atoms with E-state index in [1.54, 1.807) is 6.92 Å². The van der Waals surface area contributed by atoms with Crippen LogP contribution in [0.5, 0.6) is 0 Å². The van der Waals surface area contributed by atoms with Crippen LogP contribution in [0.2, 0.25) is 0 Å². The predicted molar refractivity (Wildman–Crippen MR) is 96.6 cm³/mol. The van der Waals surface area contributed by atoms with E-state index in [1.165, 1.54) is 11.0 Å². The first-order chi connectivity index (χ1) is 12.9.